The van der Waals surface area contributed by atoms with Crippen LogP contribution in [-0.4, -0.2) is 17.6 Å². The van der Waals surface area contributed by atoms with E-state index in [1.54, 1.807) is 13.8 Å². The van der Waals surface area contributed by atoms with Gasteiger partial charge in [0.15, 0.2) is 6.61 Å². The van der Waals surface area contributed by atoms with Crippen LogP contribution in [0.3, 0.4) is 0 Å². The summed E-state index contributed by atoms with van der Waals surface area (Å²) in [5.74, 6) is 0.134. The molecule has 2 N–H and O–H groups in total. The number of carbonyl (C=O) groups excluding carboxylic acids is 1. The fourth-order valence-corrected chi connectivity index (χ4v) is 1.10. The summed E-state index contributed by atoms with van der Waals surface area (Å²) >= 11 is 0. The molecule has 0 saturated carbocycles. The number of aliphatic hydroxyl groups excluding tert-OH is 1. The van der Waals surface area contributed by atoms with E-state index < -0.39 is 0 Å². The zero-order valence-electron chi connectivity index (χ0n) is 8.26. The Morgan fingerprint density at radius 2 is 2.36 bits per heavy atom. The topological polar surface area (TPSA) is 58.6 Å². The van der Waals surface area contributed by atoms with Gasteiger partial charge in [-0.1, -0.05) is 6.58 Å². The second kappa shape index (κ2) is 4.00. The lowest BCUT2D eigenvalue weighted by Crippen LogP contribution is -2.34. The van der Waals surface area contributed by atoms with Gasteiger partial charge >= 0.3 is 0 Å². The smallest absolute Gasteiger partial charge is 0.262 e. The monoisotopic (exact) mass is 195 g/mol. The zero-order chi connectivity index (χ0) is 10.7. The Hall–Kier alpha value is -1.71. The second-order valence-corrected chi connectivity index (χ2v) is 3.00. The minimum absolute atomic E-state index is 0.0175. The first-order chi connectivity index (χ1) is 6.56. The molecule has 14 heavy (non-hydrogen) atoms. The van der Waals surface area contributed by atoms with Crippen molar-refractivity contribution >= 4 is 5.91 Å². The van der Waals surface area contributed by atoms with E-state index in [2.05, 4.69) is 11.9 Å². The first-order valence-electron chi connectivity index (χ1n) is 4.24. The number of aliphatic hydroxyl groups is 1. The Morgan fingerprint density at radius 1 is 1.71 bits per heavy atom. The highest BCUT2D eigenvalue weighted by Crippen LogP contribution is 2.20. The van der Waals surface area contributed by atoms with Crippen molar-refractivity contribution in [2.24, 2.45) is 0 Å². The Labute approximate surface area is 82.6 Å². The highest BCUT2D eigenvalue weighted by molar-refractivity contribution is 5.81. The number of allylic oxidation sites excluding steroid dienone is 2. The zero-order valence-corrected chi connectivity index (χ0v) is 8.26. The van der Waals surface area contributed by atoms with E-state index in [0.717, 1.165) is 0 Å². The summed E-state index contributed by atoms with van der Waals surface area (Å²) in [6, 6.07) is 0. The molecule has 0 spiro atoms. The summed E-state index contributed by atoms with van der Waals surface area (Å²) in [5, 5.41) is 12.0. The molecule has 1 heterocycles. The van der Waals surface area contributed by atoms with Crippen LogP contribution in [0.25, 0.3) is 0 Å². The Balaban J connectivity index is 3.13. The molecule has 0 atom stereocenters. The molecule has 0 fully saturated rings. The molecule has 0 radical (unpaired) electrons. The van der Waals surface area contributed by atoms with E-state index in [0.29, 0.717) is 11.3 Å². The van der Waals surface area contributed by atoms with Gasteiger partial charge in [0.05, 0.1) is 0 Å². The molecule has 0 aromatic heterocycles. The third-order valence-electron chi connectivity index (χ3n) is 1.76. The summed E-state index contributed by atoms with van der Waals surface area (Å²) in [7, 11) is 0. The molecule has 4 heteroatoms. The van der Waals surface area contributed by atoms with Crippen LogP contribution in [-0.2, 0) is 9.53 Å². The van der Waals surface area contributed by atoms with Crippen LogP contribution in [0.4, 0.5) is 0 Å². The van der Waals surface area contributed by atoms with Crippen molar-refractivity contribution in [1.82, 2.24) is 5.32 Å². The fraction of sp³-hybridized carbons (Fsp3) is 0.300. The predicted molar refractivity (Wildman–Crippen MR) is 52.3 cm³/mol. The maximum atomic E-state index is 11.0. The first kappa shape index (κ1) is 10.4. The lowest BCUT2D eigenvalue weighted by atomic mass is 10.2. The van der Waals surface area contributed by atoms with Gasteiger partial charge < -0.3 is 15.2 Å². The lowest BCUT2D eigenvalue weighted by molar-refractivity contribution is -0.125. The molecule has 1 rings (SSSR count). The van der Waals surface area contributed by atoms with E-state index in [1.807, 2.05) is 0 Å². The molecule has 0 bridgehead atoms. The maximum Gasteiger partial charge on any atom is 0.262 e. The number of carbonyl (C=O) groups is 1. The van der Waals surface area contributed by atoms with Crippen molar-refractivity contribution in [3.8, 4) is 0 Å². The van der Waals surface area contributed by atoms with Crippen molar-refractivity contribution in [2.75, 3.05) is 6.61 Å². The van der Waals surface area contributed by atoms with Gasteiger partial charge in [-0.25, -0.2) is 0 Å². The summed E-state index contributed by atoms with van der Waals surface area (Å²) in [4.78, 5) is 11.0. The van der Waals surface area contributed by atoms with Crippen LogP contribution in [0, 0.1) is 0 Å². The average molecular weight is 195 g/mol. The van der Waals surface area contributed by atoms with E-state index in [9.17, 15) is 9.90 Å². The molecule has 0 aromatic carbocycles. The number of ether oxygens (including phenoxy) is 1. The lowest BCUT2D eigenvalue weighted by Gasteiger charge is -2.21. The summed E-state index contributed by atoms with van der Waals surface area (Å²) in [6.45, 7) is 7.07. The van der Waals surface area contributed by atoms with Crippen LogP contribution in [0.15, 0.2) is 35.4 Å². The van der Waals surface area contributed by atoms with Gasteiger partial charge in [-0.15, -0.1) is 0 Å². The molecule has 1 amide bonds. The summed E-state index contributed by atoms with van der Waals surface area (Å²) < 4.78 is 5.15. The molecular formula is C10H13NO3. The van der Waals surface area contributed by atoms with Crippen molar-refractivity contribution < 1.29 is 14.6 Å². The van der Waals surface area contributed by atoms with Gasteiger partial charge in [0, 0.05) is 0 Å². The Kier molecular flexibility index (Phi) is 2.96. The highest BCUT2D eigenvalue weighted by atomic mass is 16.5. The molecule has 0 unspecified atom stereocenters. The molecule has 0 aromatic rings. The van der Waals surface area contributed by atoms with Gasteiger partial charge in [-0.3, -0.25) is 4.79 Å². The molecular weight excluding hydrogens is 182 g/mol. The number of rotatable bonds is 2. The van der Waals surface area contributed by atoms with E-state index in [4.69, 9.17) is 4.74 Å². The van der Waals surface area contributed by atoms with Crippen LogP contribution < -0.4 is 5.32 Å². The van der Waals surface area contributed by atoms with E-state index >= 15 is 0 Å². The molecule has 1 aliphatic rings. The Bertz CT molecular complexity index is 339. The van der Waals surface area contributed by atoms with Gasteiger partial charge in [0.2, 0.25) is 0 Å². The molecule has 4 nitrogen and oxygen atoms in total. The second-order valence-electron chi connectivity index (χ2n) is 3.00. The predicted octanol–water partition coefficient (Wildman–Crippen LogP) is 1.38. The number of hydrogen-bond donors (Lipinski definition) is 2. The summed E-state index contributed by atoms with van der Waals surface area (Å²) in [6.07, 6.45) is 1.48. The minimum atomic E-state index is -0.279. The SMILES string of the molecule is C=C(C)C1=C(/C(O)=C\C)NC(=O)CO1. The van der Waals surface area contributed by atoms with Gasteiger partial charge in [-0.05, 0) is 25.5 Å². The highest BCUT2D eigenvalue weighted by Gasteiger charge is 2.21. The van der Waals surface area contributed by atoms with Crippen molar-refractivity contribution in [3.05, 3.63) is 35.4 Å². The molecule has 0 saturated heterocycles. The minimum Gasteiger partial charge on any atom is -0.506 e. The third kappa shape index (κ3) is 1.96. The molecule has 0 aliphatic carbocycles. The van der Waals surface area contributed by atoms with Crippen LogP contribution in [0.1, 0.15) is 13.8 Å². The van der Waals surface area contributed by atoms with E-state index in [-0.39, 0.29) is 24.0 Å². The number of amides is 1. The van der Waals surface area contributed by atoms with Crippen molar-refractivity contribution in [2.45, 2.75) is 13.8 Å². The largest absolute Gasteiger partial charge is 0.506 e. The standard InChI is InChI=1S/C10H13NO3/c1-4-7(12)9-10(6(2)3)14-5-8(13)11-9/h4,12H,2,5H2,1,3H3,(H,11,13)/b7-4+. The van der Waals surface area contributed by atoms with Crippen molar-refractivity contribution in [3.63, 3.8) is 0 Å². The molecule has 76 valence electrons. The van der Waals surface area contributed by atoms with Gasteiger partial charge in [0.25, 0.3) is 5.91 Å². The van der Waals surface area contributed by atoms with Crippen LogP contribution >= 0.6 is 0 Å². The third-order valence-corrected chi connectivity index (χ3v) is 1.76. The molecule has 1 aliphatic heterocycles. The van der Waals surface area contributed by atoms with Crippen molar-refractivity contribution in [1.29, 1.82) is 0 Å². The van der Waals surface area contributed by atoms with Crippen LogP contribution in [0.2, 0.25) is 0 Å². The van der Waals surface area contributed by atoms with Gasteiger partial charge in [0.1, 0.15) is 17.2 Å². The number of nitrogens with one attached hydrogen (secondary N) is 1. The van der Waals surface area contributed by atoms with Crippen LogP contribution in [0.5, 0.6) is 0 Å². The van der Waals surface area contributed by atoms with Gasteiger partial charge in [-0.2, -0.15) is 0 Å². The fourth-order valence-electron chi connectivity index (χ4n) is 1.10. The van der Waals surface area contributed by atoms with E-state index in [1.165, 1.54) is 6.08 Å². The normalized spacial score (nSPS) is 17.6. The average Bonchev–Trinajstić information content (AvgIpc) is 2.16. The number of hydrogen-bond acceptors (Lipinski definition) is 3. The Morgan fingerprint density at radius 3 is 2.86 bits per heavy atom. The maximum absolute atomic E-state index is 11.0. The quantitative estimate of drug-likeness (QED) is 0.654. The first-order valence-corrected chi connectivity index (χ1v) is 4.24. The summed E-state index contributed by atoms with van der Waals surface area (Å²) in [5.41, 5.74) is 0.949.